The lowest BCUT2D eigenvalue weighted by molar-refractivity contribution is -0.138. The number of nitrogens with zero attached hydrogens (tertiary/aromatic N) is 3. The van der Waals surface area contributed by atoms with Crippen LogP contribution in [0.25, 0.3) is 0 Å². The highest BCUT2D eigenvalue weighted by atomic mass is 19.4. The zero-order valence-corrected chi connectivity index (χ0v) is 20.8. The number of urea groups is 1. The number of rotatable bonds is 6. The van der Waals surface area contributed by atoms with Crippen LogP contribution in [0.4, 0.5) is 18.0 Å². The smallest absolute Gasteiger partial charge is 0.348 e. The summed E-state index contributed by atoms with van der Waals surface area (Å²) >= 11 is 0. The Hall–Kier alpha value is -4.67. The molecule has 8 nitrogen and oxygen atoms in total. The molecule has 0 fully saturated rings. The maximum atomic E-state index is 13.9. The van der Waals surface area contributed by atoms with E-state index in [-0.39, 0.29) is 29.9 Å². The Labute approximate surface area is 222 Å². The predicted molar refractivity (Wildman–Crippen MR) is 134 cm³/mol. The van der Waals surface area contributed by atoms with E-state index in [4.69, 9.17) is 0 Å². The number of hydrogen-bond acceptors (Lipinski definition) is 4. The molecule has 1 aromatic heterocycles. The number of nitrogens with one attached hydrogen (secondary N) is 2. The summed E-state index contributed by atoms with van der Waals surface area (Å²) in [4.78, 5) is 47.0. The van der Waals surface area contributed by atoms with Crippen molar-refractivity contribution in [2.45, 2.75) is 24.8 Å². The van der Waals surface area contributed by atoms with Gasteiger partial charge in [-0.1, -0.05) is 54.6 Å². The lowest BCUT2D eigenvalue weighted by Gasteiger charge is -2.32. The van der Waals surface area contributed by atoms with Crippen molar-refractivity contribution in [3.05, 3.63) is 113 Å². The van der Waals surface area contributed by atoms with Crippen molar-refractivity contribution in [2.75, 3.05) is 13.6 Å². The number of hydrogen-bond donors (Lipinski definition) is 2. The average molecular weight is 536 g/mol. The zero-order valence-electron chi connectivity index (χ0n) is 20.8. The van der Waals surface area contributed by atoms with Gasteiger partial charge in [0.2, 0.25) is 5.91 Å². The Morgan fingerprint density at radius 3 is 2.44 bits per heavy atom. The fourth-order valence-electron chi connectivity index (χ4n) is 4.92. The van der Waals surface area contributed by atoms with E-state index >= 15 is 0 Å². The Bertz CT molecular complexity index is 1440. The van der Waals surface area contributed by atoms with E-state index in [2.05, 4.69) is 15.6 Å². The molecule has 2 aliphatic heterocycles. The maximum Gasteiger partial charge on any atom is 0.416 e. The molecule has 0 radical (unpaired) electrons. The molecule has 11 heteroatoms. The molecule has 5 rings (SSSR count). The van der Waals surface area contributed by atoms with E-state index in [1.54, 1.807) is 54.7 Å². The summed E-state index contributed by atoms with van der Waals surface area (Å²) in [5, 5.41) is 5.35. The van der Waals surface area contributed by atoms with Gasteiger partial charge in [0.1, 0.15) is 6.04 Å². The van der Waals surface area contributed by atoms with Crippen LogP contribution in [0.3, 0.4) is 0 Å². The zero-order chi connectivity index (χ0) is 27.7. The van der Waals surface area contributed by atoms with Gasteiger partial charge in [0.25, 0.3) is 5.91 Å². The standard InChI is InChI=1S/C28H24F3N5O3/c1-35-21-16-36(24(17-9-3-2-4-10-17)25(37)33-15-18-11-7-8-14-32-18)26(38)22(21)23(34-27(35)39)19-12-5-6-13-20(19)28(29,30)31/h2-14,23-24H,15-16H2,1H3,(H,33,37)(H,34,39)/t23-,24-/m0/s1. The summed E-state index contributed by atoms with van der Waals surface area (Å²) in [5.74, 6) is -1.13. The first-order chi connectivity index (χ1) is 18.7. The van der Waals surface area contributed by atoms with E-state index in [1.807, 2.05) is 0 Å². The van der Waals surface area contributed by atoms with Gasteiger partial charge in [0.15, 0.2) is 0 Å². The van der Waals surface area contributed by atoms with Gasteiger partial charge in [-0.2, -0.15) is 13.2 Å². The van der Waals surface area contributed by atoms with E-state index in [0.29, 0.717) is 11.3 Å². The van der Waals surface area contributed by atoms with Gasteiger partial charge in [-0.05, 0) is 29.3 Å². The fraction of sp³-hybridized carbons (Fsp3) is 0.214. The quantitative estimate of drug-likeness (QED) is 0.500. The van der Waals surface area contributed by atoms with Crippen molar-refractivity contribution < 1.29 is 27.6 Å². The number of benzene rings is 2. The Morgan fingerprint density at radius 1 is 1.05 bits per heavy atom. The summed E-state index contributed by atoms with van der Waals surface area (Å²) in [6.45, 7) is -0.0287. The van der Waals surface area contributed by atoms with Crippen LogP contribution in [0.15, 0.2) is 90.3 Å². The molecule has 0 spiro atoms. The van der Waals surface area contributed by atoms with Gasteiger partial charge in [-0.15, -0.1) is 0 Å². The molecule has 2 aliphatic rings. The summed E-state index contributed by atoms with van der Waals surface area (Å²) in [6, 6.07) is 15.6. The lowest BCUT2D eigenvalue weighted by Crippen LogP contribution is -2.45. The Kier molecular flexibility index (Phi) is 6.81. The largest absolute Gasteiger partial charge is 0.416 e. The van der Waals surface area contributed by atoms with Crippen molar-refractivity contribution in [1.29, 1.82) is 0 Å². The predicted octanol–water partition coefficient (Wildman–Crippen LogP) is 3.95. The van der Waals surface area contributed by atoms with Crippen molar-refractivity contribution in [3.8, 4) is 0 Å². The summed E-state index contributed by atoms with van der Waals surface area (Å²) in [5.41, 5.74) is 0.159. The number of aromatic nitrogens is 1. The number of amides is 4. The minimum Gasteiger partial charge on any atom is -0.348 e. The van der Waals surface area contributed by atoms with Crippen LogP contribution in [0.2, 0.25) is 0 Å². The molecule has 0 bridgehead atoms. The highest BCUT2D eigenvalue weighted by molar-refractivity contribution is 6.03. The van der Waals surface area contributed by atoms with E-state index in [9.17, 15) is 27.6 Å². The van der Waals surface area contributed by atoms with Crippen molar-refractivity contribution >= 4 is 17.8 Å². The van der Waals surface area contributed by atoms with Crippen molar-refractivity contribution in [2.24, 2.45) is 0 Å². The molecular weight excluding hydrogens is 511 g/mol. The third-order valence-corrected chi connectivity index (χ3v) is 6.81. The number of carbonyl (C=O) groups excluding carboxylic acids is 3. The molecular formula is C28H24F3N5O3. The van der Waals surface area contributed by atoms with Crippen LogP contribution in [0, 0.1) is 0 Å². The molecule has 0 unspecified atom stereocenters. The minimum absolute atomic E-state index is 0.00717. The molecule has 2 N–H and O–H groups in total. The molecule has 0 aliphatic carbocycles. The lowest BCUT2D eigenvalue weighted by atomic mass is 9.91. The first kappa shape index (κ1) is 26.0. The molecule has 39 heavy (non-hydrogen) atoms. The Morgan fingerprint density at radius 2 is 1.74 bits per heavy atom. The fourth-order valence-corrected chi connectivity index (χ4v) is 4.92. The van der Waals surface area contributed by atoms with Crippen LogP contribution in [0.1, 0.15) is 34.5 Å². The van der Waals surface area contributed by atoms with E-state index in [0.717, 1.165) is 6.07 Å². The highest BCUT2D eigenvalue weighted by Crippen LogP contribution is 2.43. The molecule has 2 aromatic carbocycles. The number of likely N-dealkylation sites (N-methyl/N-ethyl adjacent to an activating group) is 1. The SMILES string of the molecule is CN1C(=O)N[C@@H](c2ccccc2C(F)(F)F)C2=C1CN([C@H](C(=O)NCc1ccccn1)c1ccccc1)C2=O. The van der Waals surface area contributed by atoms with Crippen molar-refractivity contribution in [3.63, 3.8) is 0 Å². The van der Waals surface area contributed by atoms with Gasteiger partial charge in [0.05, 0.1) is 41.7 Å². The van der Waals surface area contributed by atoms with Gasteiger partial charge >= 0.3 is 12.2 Å². The number of alkyl halides is 3. The highest BCUT2D eigenvalue weighted by Gasteiger charge is 2.48. The van der Waals surface area contributed by atoms with Crippen LogP contribution in [-0.2, 0) is 22.3 Å². The molecule has 3 aromatic rings. The summed E-state index contributed by atoms with van der Waals surface area (Å²) in [6.07, 6.45) is -3.11. The summed E-state index contributed by atoms with van der Waals surface area (Å²) in [7, 11) is 1.44. The van der Waals surface area contributed by atoms with E-state index < -0.39 is 41.7 Å². The number of pyridine rings is 1. The second-order valence-corrected chi connectivity index (χ2v) is 9.17. The normalized spacial score (nSPS) is 18.1. The molecule has 2 atom stereocenters. The third kappa shape index (κ3) is 4.95. The van der Waals surface area contributed by atoms with Crippen LogP contribution in [0.5, 0.6) is 0 Å². The minimum atomic E-state index is -4.70. The summed E-state index contributed by atoms with van der Waals surface area (Å²) < 4.78 is 41.6. The topological polar surface area (TPSA) is 94.6 Å². The third-order valence-electron chi connectivity index (χ3n) is 6.81. The Balaban J connectivity index is 1.52. The molecule has 200 valence electrons. The van der Waals surface area contributed by atoms with Crippen LogP contribution in [-0.4, -0.2) is 46.2 Å². The van der Waals surface area contributed by atoms with E-state index in [1.165, 1.54) is 35.0 Å². The van der Waals surface area contributed by atoms with Gasteiger partial charge in [-0.3, -0.25) is 19.5 Å². The second kappa shape index (κ2) is 10.2. The van der Waals surface area contributed by atoms with Gasteiger partial charge in [0, 0.05) is 13.2 Å². The van der Waals surface area contributed by atoms with Crippen molar-refractivity contribution in [1.82, 2.24) is 25.4 Å². The number of halogens is 3. The van der Waals surface area contributed by atoms with Gasteiger partial charge < -0.3 is 15.5 Å². The maximum absolute atomic E-state index is 13.9. The monoisotopic (exact) mass is 535 g/mol. The molecule has 3 heterocycles. The first-order valence-corrected chi connectivity index (χ1v) is 12.1. The average Bonchev–Trinajstić information content (AvgIpc) is 3.27. The number of carbonyl (C=O) groups is 3. The van der Waals surface area contributed by atoms with Crippen LogP contribution < -0.4 is 10.6 Å². The molecule has 0 saturated carbocycles. The second-order valence-electron chi connectivity index (χ2n) is 9.17. The van der Waals surface area contributed by atoms with Crippen LogP contribution >= 0.6 is 0 Å². The van der Waals surface area contributed by atoms with Gasteiger partial charge in [-0.25, -0.2) is 4.79 Å². The molecule has 4 amide bonds. The molecule has 0 saturated heterocycles. The first-order valence-electron chi connectivity index (χ1n) is 12.1.